The molecule has 0 aromatic heterocycles. The van der Waals surface area contributed by atoms with Crippen LogP contribution >= 0.6 is 15.9 Å². The Morgan fingerprint density at radius 3 is 2.71 bits per heavy atom. The largest absolute Gasteiger partial charge is 0.393 e. The van der Waals surface area contributed by atoms with Crippen LogP contribution in [-0.4, -0.2) is 16.9 Å². The van der Waals surface area contributed by atoms with Gasteiger partial charge in [0.15, 0.2) is 0 Å². The molecule has 0 radical (unpaired) electrons. The lowest BCUT2D eigenvalue weighted by Crippen LogP contribution is -2.34. The molecule has 1 aromatic carbocycles. The summed E-state index contributed by atoms with van der Waals surface area (Å²) in [5.74, 6) is 0. The minimum atomic E-state index is -0.149. The van der Waals surface area contributed by atoms with E-state index in [1.54, 1.807) is 0 Å². The summed E-state index contributed by atoms with van der Waals surface area (Å²) in [6.45, 7) is 0. The molecule has 0 saturated heterocycles. The van der Waals surface area contributed by atoms with Crippen LogP contribution in [0.2, 0.25) is 0 Å². The minimum Gasteiger partial charge on any atom is -0.393 e. The SMILES string of the molecule is N=C1c2cc(Br)ccc2CC12CCC(O)CC2. The molecule has 2 nitrogen and oxygen atoms in total. The first-order chi connectivity index (χ1) is 8.11. The van der Waals surface area contributed by atoms with E-state index >= 15 is 0 Å². The van der Waals surface area contributed by atoms with Gasteiger partial charge in [0.1, 0.15) is 0 Å². The number of halogens is 1. The lowest BCUT2D eigenvalue weighted by molar-refractivity contribution is 0.0931. The second-order valence-corrected chi connectivity index (χ2v) is 6.28. The van der Waals surface area contributed by atoms with E-state index in [2.05, 4.69) is 34.1 Å². The van der Waals surface area contributed by atoms with E-state index in [0.717, 1.165) is 47.9 Å². The van der Waals surface area contributed by atoms with Gasteiger partial charge in [-0.2, -0.15) is 0 Å². The molecular formula is C14H16BrNO. The number of aliphatic hydroxyl groups is 1. The zero-order valence-corrected chi connectivity index (χ0v) is 11.3. The van der Waals surface area contributed by atoms with Crippen LogP contribution in [0.5, 0.6) is 0 Å². The third-order valence-corrected chi connectivity index (χ3v) is 4.81. The highest BCUT2D eigenvalue weighted by molar-refractivity contribution is 9.10. The summed E-state index contributed by atoms with van der Waals surface area (Å²) in [4.78, 5) is 0. The average Bonchev–Trinajstić information content (AvgIpc) is 2.58. The lowest BCUT2D eigenvalue weighted by atomic mass is 9.70. The minimum absolute atomic E-state index is 0.0162. The van der Waals surface area contributed by atoms with Gasteiger partial charge in [0.2, 0.25) is 0 Å². The molecule has 1 fully saturated rings. The van der Waals surface area contributed by atoms with E-state index in [0.29, 0.717) is 0 Å². The van der Waals surface area contributed by atoms with Crippen LogP contribution < -0.4 is 0 Å². The molecule has 0 atom stereocenters. The highest BCUT2D eigenvalue weighted by Crippen LogP contribution is 2.47. The molecule has 1 spiro atoms. The van der Waals surface area contributed by atoms with Gasteiger partial charge in [0, 0.05) is 21.2 Å². The molecule has 0 aliphatic heterocycles. The van der Waals surface area contributed by atoms with Crippen molar-refractivity contribution in [2.45, 2.75) is 38.2 Å². The standard InChI is InChI=1S/C14H16BrNO/c15-10-2-1-9-8-14(13(16)12(9)7-10)5-3-11(17)4-6-14/h1-2,7,11,16-17H,3-6,8H2. The van der Waals surface area contributed by atoms with Crippen molar-refractivity contribution in [3.63, 3.8) is 0 Å². The maximum atomic E-state index is 9.62. The summed E-state index contributed by atoms with van der Waals surface area (Å²) in [5, 5.41) is 18.1. The molecule has 3 rings (SSSR count). The van der Waals surface area contributed by atoms with Crippen LogP contribution in [0.3, 0.4) is 0 Å². The summed E-state index contributed by atoms with van der Waals surface area (Å²) in [5.41, 5.74) is 3.22. The molecule has 17 heavy (non-hydrogen) atoms. The van der Waals surface area contributed by atoms with Gasteiger partial charge < -0.3 is 10.5 Å². The van der Waals surface area contributed by atoms with Crippen molar-refractivity contribution >= 4 is 21.6 Å². The fourth-order valence-electron chi connectivity index (χ4n) is 3.26. The first kappa shape index (κ1) is 11.4. The van der Waals surface area contributed by atoms with Gasteiger partial charge in [-0.05, 0) is 49.8 Å². The summed E-state index contributed by atoms with van der Waals surface area (Å²) >= 11 is 3.48. The number of aliphatic hydroxyl groups excluding tert-OH is 1. The van der Waals surface area contributed by atoms with Gasteiger partial charge in [0.05, 0.1) is 6.10 Å². The van der Waals surface area contributed by atoms with Crippen molar-refractivity contribution in [1.29, 1.82) is 5.41 Å². The van der Waals surface area contributed by atoms with Gasteiger partial charge in [-0.3, -0.25) is 0 Å². The predicted molar refractivity (Wildman–Crippen MR) is 71.6 cm³/mol. The van der Waals surface area contributed by atoms with E-state index in [4.69, 9.17) is 5.41 Å². The monoisotopic (exact) mass is 293 g/mol. The van der Waals surface area contributed by atoms with Crippen molar-refractivity contribution in [3.05, 3.63) is 33.8 Å². The molecule has 1 saturated carbocycles. The Labute approximate surface area is 110 Å². The maximum absolute atomic E-state index is 9.62. The topological polar surface area (TPSA) is 44.1 Å². The number of hydrogen-bond donors (Lipinski definition) is 2. The molecule has 2 aliphatic rings. The summed E-state index contributed by atoms with van der Waals surface area (Å²) < 4.78 is 1.05. The Balaban J connectivity index is 1.96. The molecular weight excluding hydrogens is 278 g/mol. The molecule has 1 aromatic rings. The molecule has 2 N–H and O–H groups in total. The number of nitrogens with one attached hydrogen (secondary N) is 1. The second-order valence-electron chi connectivity index (χ2n) is 5.36. The highest BCUT2D eigenvalue weighted by atomic mass is 79.9. The van der Waals surface area contributed by atoms with Gasteiger partial charge >= 0.3 is 0 Å². The summed E-state index contributed by atoms with van der Waals surface area (Å²) in [6, 6.07) is 6.26. The molecule has 90 valence electrons. The van der Waals surface area contributed by atoms with Gasteiger partial charge in [-0.1, -0.05) is 22.0 Å². The summed E-state index contributed by atoms with van der Waals surface area (Å²) in [6.07, 6.45) is 4.44. The Bertz CT molecular complexity index is 475. The predicted octanol–water partition coefficient (Wildman–Crippen LogP) is 3.29. The number of benzene rings is 1. The maximum Gasteiger partial charge on any atom is 0.0541 e. The smallest absolute Gasteiger partial charge is 0.0541 e. The van der Waals surface area contributed by atoms with Gasteiger partial charge in [0.25, 0.3) is 0 Å². The van der Waals surface area contributed by atoms with Gasteiger partial charge in [-0.25, -0.2) is 0 Å². The van der Waals surface area contributed by atoms with E-state index in [9.17, 15) is 5.11 Å². The Morgan fingerprint density at radius 2 is 2.00 bits per heavy atom. The molecule has 3 heteroatoms. The number of hydrogen-bond acceptors (Lipinski definition) is 2. The average molecular weight is 294 g/mol. The van der Waals surface area contributed by atoms with Crippen molar-refractivity contribution in [2.75, 3.05) is 0 Å². The van der Waals surface area contributed by atoms with Crippen LogP contribution in [0.25, 0.3) is 0 Å². The van der Waals surface area contributed by atoms with Gasteiger partial charge in [-0.15, -0.1) is 0 Å². The zero-order chi connectivity index (χ0) is 12.0. The third kappa shape index (κ3) is 1.76. The second kappa shape index (κ2) is 3.92. The lowest BCUT2D eigenvalue weighted by Gasteiger charge is -2.35. The van der Waals surface area contributed by atoms with Crippen LogP contribution in [0, 0.1) is 10.8 Å². The molecule has 0 bridgehead atoms. The van der Waals surface area contributed by atoms with Crippen LogP contribution in [0.1, 0.15) is 36.8 Å². The normalized spacial score (nSPS) is 31.9. The fraction of sp³-hybridized carbons (Fsp3) is 0.500. The number of rotatable bonds is 0. The van der Waals surface area contributed by atoms with Crippen molar-refractivity contribution in [2.24, 2.45) is 5.41 Å². The quantitative estimate of drug-likeness (QED) is 0.757. The molecule has 0 amide bonds. The fourth-order valence-corrected chi connectivity index (χ4v) is 3.62. The molecule has 0 heterocycles. The van der Waals surface area contributed by atoms with Crippen LogP contribution in [0.4, 0.5) is 0 Å². The van der Waals surface area contributed by atoms with E-state index in [1.165, 1.54) is 5.56 Å². The third-order valence-electron chi connectivity index (χ3n) is 4.31. The van der Waals surface area contributed by atoms with E-state index in [1.807, 2.05) is 0 Å². The Morgan fingerprint density at radius 1 is 1.29 bits per heavy atom. The van der Waals surface area contributed by atoms with E-state index in [-0.39, 0.29) is 11.5 Å². The van der Waals surface area contributed by atoms with Crippen LogP contribution in [-0.2, 0) is 6.42 Å². The Hall–Kier alpha value is -0.670. The molecule has 2 aliphatic carbocycles. The first-order valence-corrected chi connectivity index (χ1v) is 6.96. The van der Waals surface area contributed by atoms with Crippen molar-refractivity contribution in [1.82, 2.24) is 0 Å². The first-order valence-electron chi connectivity index (χ1n) is 6.17. The Kier molecular flexibility index (Phi) is 2.64. The highest BCUT2D eigenvalue weighted by Gasteiger charge is 2.44. The molecule has 0 unspecified atom stereocenters. The van der Waals surface area contributed by atoms with Crippen molar-refractivity contribution in [3.8, 4) is 0 Å². The summed E-state index contributed by atoms with van der Waals surface area (Å²) in [7, 11) is 0. The van der Waals surface area contributed by atoms with Crippen LogP contribution in [0.15, 0.2) is 22.7 Å². The van der Waals surface area contributed by atoms with Crippen molar-refractivity contribution < 1.29 is 5.11 Å². The number of fused-ring (bicyclic) bond motifs is 1. The van der Waals surface area contributed by atoms with E-state index < -0.39 is 0 Å². The zero-order valence-electron chi connectivity index (χ0n) is 9.67.